The molecule has 0 aromatic carbocycles. The molecule has 1 N–H and O–H groups in total. The third kappa shape index (κ3) is 2.95. The minimum atomic E-state index is -0.201. The summed E-state index contributed by atoms with van der Waals surface area (Å²) in [4.78, 5) is 2.50. The van der Waals surface area contributed by atoms with Gasteiger partial charge in [-0.05, 0) is 33.1 Å². The topological polar surface area (TPSA) is 15.3 Å². The van der Waals surface area contributed by atoms with E-state index in [0.717, 1.165) is 32.5 Å². The van der Waals surface area contributed by atoms with Gasteiger partial charge in [-0.1, -0.05) is 13.8 Å². The lowest BCUT2D eigenvalue weighted by Gasteiger charge is -2.52. The van der Waals surface area contributed by atoms with E-state index in [1.165, 1.54) is 0 Å². The van der Waals surface area contributed by atoms with Crippen LogP contribution in [0.3, 0.4) is 0 Å². The monoisotopic (exact) mass is 230 g/mol. The van der Waals surface area contributed by atoms with Crippen LogP contribution in [0.1, 0.15) is 47.0 Å². The molecule has 1 aliphatic heterocycles. The highest BCUT2D eigenvalue weighted by Gasteiger charge is 2.41. The summed E-state index contributed by atoms with van der Waals surface area (Å²) in [7, 11) is 0. The minimum absolute atomic E-state index is 0.157. The molecule has 0 atom stereocenters. The quantitative estimate of drug-likeness (QED) is 0.781. The maximum atomic E-state index is 12.4. The fourth-order valence-electron chi connectivity index (χ4n) is 2.73. The van der Waals surface area contributed by atoms with Crippen molar-refractivity contribution in [1.82, 2.24) is 10.2 Å². The molecule has 0 amide bonds. The van der Waals surface area contributed by atoms with Gasteiger partial charge in [0.15, 0.2) is 0 Å². The predicted molar refractivity (Wildman–Crippen MR) is 67.6 cm³/mol. The highest BCUT2D eigenvalue weighted by Crippen LogP contribution is 2.29. The Bertz CT molecular complexity index is 212. The van der Waals surface area contributed by atoms with Gasteiger partial charge in [0.05, 0.1) is 6.67 Å². The molecule has 0 radical (unpaired) electrons. The molecule has 0 aliphatic carbocycles. The van der Waals surface area contributed by atoms with Crippen molar-refractivity contribution >= 4 is 0 Å². The van der Waals surface area contributed by atoms with Crippen molar-refractivity contribution in [2.24, 2.45) is 0 Å². The Morgan fingerprint density at radius 3 is 2.38 bits per heavy atom. The molecular formula is C13H27FN2. The fourth-order valence-corrected chi connectivity index (χ4v) is 2.73. The highest BCUT2D eigenvalue weighted by molar-refractivity contribution is 5.00. The van der Waals surface area contributed by atoms with E-state index in [0.29, 0.717) is 6.42 Å². The molecular weight excluding hydrogens is 203 g/mol. The smallest absolute Gasteiger partial charge is 0.0906 e. The van der Waals surface area contributed by atoms with Crippen molar-refractivity contribution in [3.8, 4) is 0 Å². The first-order chi connectivity index (χ1) is 7.49. The third-order valence-electron chi connectivity index (χ3n) is 4.03. The zero-order valence-electron chi connectivity index (χ0n) is 11.3. The zero-order chi connectivity index (χ0) is 12.2. The van der Waals surface area contributed by atoms with Gasteiger partial charge in [0.25, 0.3) is 0 Å². The summed E-state index contributed by atoms with van der Waals surface area (Å²) in [6.45, 7) is 11.7. The van der Waals surface area contributed by atoms with Crippen LogP contribution in [0.15, 0.2) is 0 Å². The maximum Gasteiger partial charge on any atom is 0.0906 e. The highest BCUT2D eigenvalue weighted by atomic mass is 19.1. The lowest BCUT2D eigenvalue weighted by Crippen LogP contribution is -2.68. The molecule has 1 aliphatic rings. The Morgan fingerprint density at radius 2 is 1.88 bits per heavy atom. The van der Waals surface area contributed by atoms with Crippen molar-refractivity contribution < 1.29 is 4.39 Å². The lowest BCUT2D eigenvalue weighted by atomic mass is 9.84. The van der Waals surface area contributed by atoms with Gasteiger partial charge in [0.2, 0.25) is 0 Å². The number of hydrogen-bond acceptors (Lipinski definition) is 2. The van der Waals surface area contributed by atoms with Crippen molar-refractivity contribution in [1.29, 1.82) is 0 Å². The van der Waals surface area contributed by atoms with Gasteiger partial charge in [-0.15, -0.1) is 0 Å². The molecule has 1 heterocycles. The Kier molecular flexibility index (Phi) is 4.74. The third-order valence-corrected chi connectivity index (χ3v) is 4.03. The molecule has 1 saturated heterocycles. The van der Waals surface area contributed by atoms with E-state index in [1.807, 2.05) is 0 Å². The fraction of sp³-hybridized carbons (Fsp3) is 1.00. The second kappa shape index (κ2) is 5.46. The van der Waals surface area contributed by atoms with Crippen LogP contribution in [0.4, 0.5) is 4.39 Å². The number of rotatable bonds is 5. The maximum absolute atomic E-state index is 12.4. The van der Waals surface area contributed by atoms with Gasteiger partial charge in [0.1, 0.15) is 0 Å². The van der Waals surface area contributed by atoms with E-state index in [9.17, 15) is 4.39 Å². The first-order valence-electron chi connectivity index (χ1n) is 6.56. The molecule has 3 heteroatoms. The molecule has 1 fully saturated rings. The van der Waals surface area contributed by atoms with Crippen LogP contribution in [0, 0.1) is 0 Å². The summed E-state index contributed by atoms with van der Waals surface area (Å²) < 4.78 is 12.4. The van der Waals surface area contributed by atoms with Crippen LogP contribution in [0.25, 0.3) is 0 Å². The number of nitrogens with zero attached hydrogens (tertiary/aromatic N) is 1. The molecule has 96 valence electrons. The van der Waals surface area contributed by atoms with E-state index < -0.39 is 0 Å². The van der Waals surface area contributed by atoms with E-state index in [-0.39, 0.29) is 17.8 Å². The Hall–Kier alpha value is -0.150. The molecule has 0 bridgehead atoms. The number of halogens is 1. The van der Waals surface area contributed by atoms with Crippen LogP contribution in [0.5, 0.6) is 0 Å². The summed E-state index contributed by atoms with van der Waals surface area (Å²) >= 11 is 0. The summed E-state index contributed by atoms with van der Waals surface area (Å²) in [6.07, 6.45) is 2.94. The summed E-state index contributed by atoms with van der Waals surface area (Å²) in [6, 6.07) is 0. The van der Waals surface area contributed by atoms with Gasteiger partial charge >= 0.3 is 0 Å². The lowest BCUT2D eigenvalue weighted by molar-refractivity contribution is 0.00713. The normalized spacial score (nSPS) is 24.6. The molecule has 0 unspecified atom stereocenters. The van der Waals surface area contributed by atoms with Gasteiger partial charge in [-0.3, -0.25) is 9.29 Å². The van der Waals surface area contributed by atoms with Crippen LogP contribution in [0.2, 0.25) is 0 Å². The molecule has 0 aromatic heterocycles. The summed E-state index contributed by atoms with van der Waals surface area (Å²) in [5.74, 6) is 0. The van der Waals surface area contributed by atoms with Crippen LogP contribution in [-0.2, 0) is 0 Å². The van der Waals surface area contributed by atoms with Crippen molar-refractivity contribution in [3.63, 3.8) is 0 Å². The Labute approximate surface area is 99.6 Å². The van der Waals surface area contributed by atoms with Gasteiger partial charge in [-0.25, -0.2) is 0 Å². The van der Waals surface area contributed by atoms with E-state index in [2.05, 4.69) is 37.9 Å². The molecule has 16 heavy (non-hydrogen) atoms. The summed E-state index contributed by atoms with van der Waals surface area (Å²) in [5.41, 5.74) is 0.398. The predicted octanol–water partition coefficient (Wildman–Crippen LogP) is 2.59. The van der Waals surface area contributed by atoms with E-state index in [1.54, 1.807) is 0 Å². The molecule has 2 nitrogen and oxygen atoms in total. The Balaban J connectivity index is 2.74. The number of piperazine rings is 1. The largest absolute Gasteiger partial charge is 0.309 e. The first-order valence-corrected chi connectivity index (χ1v) is 6.56. The average Bonchev–Trinajstić information content (AvgIpc) is 2.26. The summed E-state index contributed by atoms with van der Waals surface area (Å²) in [5, 5.41) is 3.62. The van der Waals surface area contributed by atoms with Gasteiger partial charge in [0, 0.05) is 30.7 Å². The first kappa shape index (κ1) is 13.9. The van der Waals surface area contributed by atoms with Crippen molar-refractivity contribution in [2.75, 3.05) is 26.3 Å². The Morgan fingerprint density at radius 1 is 1.25 bits per heavy atom. The SMILES string of the molecule is CCC1(CC)CNC(C)(C)CN1CCCF. The molecule has 0 spiro atoms. The van der Waals surface area contributed by atoms with Gasteiger partial charge < -0.3 is 5.32 Å². The standard InChI is InChI=1S/C13H27FN2/c1-5-13(6-2)10-15-12(3,4)11-16(13)9-7-8-14/h15H,5-11H2,1-4H3. The van der Waals surface area contributed by atoms with Crippen molar-refractivity contribution in [3.05, 3.63) is 0 Å². The zero-order valence-corrected chi connectivity index (χ0v) is 11.3. The van der Waals surface area contributed by atoms with Crippen LogP contribution < -0.4 is 5.32 Å². The van der Waals surface area contributed by atoms with E-state index in [4.69, 9.17) is 0 Å². The molecule has 1 rings (SSSR count). The second-order valence-corrected chi connectivity index (χ2v) is 5.63. The second-order valence-electron chi connectivity index (χ2n) is 5.63. The minimum Gasteiger partial charge on any atom is -0.309 e. The van der Waals surface area contributed by atoms with Crippen LogP contribution >= 0.6 is 0 Å². The number of nitrogens with one attached hydrogen (secondary N) is 1. The van der Waals surface area contributed by atoms with Gasteiger partial charge in [-0.2, -0.15) is 0 Å². The molecule has 0 saturated carbocycles. The number of alkyl halides is 1. The molecule has 0 aromatic rings. The average molecular weight is 230 g/mol. The van der Waals surface area contributed by atoms with E-state index >= 15 is 0 Å². The number of hydrogen-bond donors (Lipinski definition) is 1. The van der Waals surface area contributed by atoms with Crippen LogP contribution in [-0.4, -0.2) is 42.3 Å². The van der Waals surface area contributed by atoms with Crippen molar-refractivity contribution in [2.45, 2.75) is 58.0 Å².